The molecule has 0 radical (unpaired) electrons. The Balaban J connectivity index is 1.63. The molecule has 0 spiro atoms. The number of hydrogen-bond donors (Lipinski definition) is 1. The highest BCUT2D eigenvalue weighted by molar-refractivity contribution is 6.30. The topological polar surface area (TPSA) is 73.2 Å². The lowest BCUT2D eigenvalue weighted by atomic mass is 10.0. The summed E-state index contributed by atoms with van der Waals surface area (Å²) >= 11 is 5.93. The van der Waals surface area contributed by atoms with Crippen molar-refractivity contribution in [1.29, 1.82) is 0 Å². The van der Waals surface area contributed by atoms with Crippen molar-refractivity contribution in [2.24, 2.45) is 0 Å². The Morgan fingerprint density at radius 1 is 0.925 bits per heavy atom. The van der Waals surface area contributed by atoms with Crippen molar-refractivity contribution in [3.8, 4) is 34.0 Å². The van der Waals surface area contributed by atoms with Gasteiger partial charge in [0, 0.05) is 28.8 Å². The highest BCUT2D eigenvalue weighted by atomic mass is 35.5. The molecule has 1 aromatic heterocycles. The van der Waals surface area contributed by atoms with E-state index in [9.17, 15) is 9.59 Å². The molecule has 1 amide bonds. The molecule has 0 unspecified atom stereocenters. The Hall–Kier alpha value is -4.75. The normalized spacial score (nSPS) is 10.8. The number of hydrogen-bond acceptors (Lipinski definition) is 4. The first-order valence-electron chi connectivity index (χ1n) is 12.5. The summed E-state index contributed by atoms with van der Waals surface area (Å²) < 4.78 is 22.4. The van der Waals surface area contributed by atoms with Gasteiger partial charge in [-0.05, 0) is 79.6 Å². The monoisotopic (exact) mass is 553 g/mol. The average molecular weight is 554 g/mol. The van der Waals surface area contributed by atoms with Gasteiger partial charge in [0.1, 0.15) is 11.5 Å². The Labute approximate surface area is 236 Å². The van der Waals surface area contributed by atoms with Crippen LogP contribution < -0.4 is 10.1 Å². The number of aromatic nitrogens is 2. The third kappa shape index (κ3) is 5.51. The van der Waals surface area contributed by atoms with E-state index < -0.39 is 11.8 Å². The second-order valence-electron chi connectivity index (χ2n) is 9.34. The lowest BCUT2D eigenvalue weighted by molar-refractivity contribution is -0.132. The molecule has 40 heavy (non-hydrogen) atoms. The fourth-order valence-electron chi connectivity index (χ4n) is 4.47. The van der Waals surface area contributed by atoms with Gasteiger partial charge in [-0.25, -0.2) is 4.39 Å². The van der Waals surface area contributed by atoms with Crippen LogP contribution in [0.3, 0.4) is 0 Å². The zero-order valence-corrected chi connectivity index (χ0v) is 22.8. The van der Waals surface area contributed by atoms with E-state index in [0.717, 1.165) is 11.1 Å². The van der Waals surface area contributed by atoms with E-state index in [1.54, 1.807) is 66.7 Å². The summed E-state index contributed by atoms with van der Waals surface area (Å²) in [6, 6.07) is 25.7. The van der Waals surface area contributed by atoms with Crippen LogP contribution in [0, 0.1) is 19.7 Å². The summed E-state index contributed by atoms with van der Waals surface area (Å²) in [6.45, 7) is 5.22. The zero-order valence-electron chi connectivity index (χ0n) is 22.0. The minimum absolute atomic E-state index is 0.163. The molecule has 4 aromatic carbocycles. The Kier molecular flexibility index (Phi) is 7.49. The highest BCUT2D eigenvalue weighted by Crippen LogP contribution is 2.42. The molecule has 0 aliphatic rings. The van der Waals surface area contributed by atoms with Crippen molar-refractivity contribution in [2.75, 3.05) is 5.32 Å². The molecule has 0 bridgehead atoms. The van der Waals surface area contributed by atoms with E-state index >= 15 is 4.39 Å². The molecule has 1 heterocycles. The van der Waals surface area contributed by atoms with Gasteiger partial charge in [-0.2, -0.15) is 9.78 Å². The zero-order chi connectivity index (χ0) is 28.4. The third-order valence-electron chi connectivity index (χ3n) is 6.33. The number of nitrogens with zero attached hydrogens (tertiary/aromatic N) is 2. The molecule has 5 rings (SSSR count). The van der Waals surface area contributed by atoms with Gasteiger partial charge in [-0.3, -0.25) is 9.59 Å². The van der Waals surface area contributed by atoms with Crippen LogP contribution >= 0.6 is 11.6 Å². The molecular weight excluding hydrogens is 529 g/mol. The number of halogens is 2. The van der Waals surface area contributed by atoms with E-state index in [-0.39, 0.29) is 17.4 Å². The van der Waals surface area contributed by atoms with Crippen molar-refractivity contribution in [3.63, 3.8) is 0 Å². The van der Waals surface area contributed by atoms with Gasteiger partial charge in [0.05, 0.1) is 11.3 Å². The molecular formula is C32H25ClFN3O3. The van der Waals surface area contributed by atoms with E-state index in [0.29, 0.717) is 38.8 Å². The number of aryl methyl sites for hydroxylation is 2. The molecule has 6 nitrogen and oxygen atoms in total. The number of carbonyl (C=O) groups excluding carboxylic acids is 2. The van der Waals surface area contributed by atoms with Crippen molar-refractivity contribution < 1.29 is 18.7 Å². The molecule has 200 valence electrons. The van der Waals surface area contributed by atoms with E-state index in [1.165, 1.54) is 17.7 Å². The van der Waals surface area contributed by atoms with Crippen LogP contribution in [0.4, 0.5) is 10.1 Å². The minimum Gasteiger partial charge on any atom is -0.407 e. The maximum Gasteiger partial charge on any atom is 0.309 e. The smallest absolute Gasteiger partial charge is 0.309 e. The maximum atomic E-state index is 15.1. The summed E-state index contributed by atoms with van der Waals surface area (Å²) in [5, 5.41) is 8.16. The van der Waals surface area contributed by atoms with Crippen molar-refractivity contribution in [1.82, 2.24) is 9.78 Å². The quantitative estimate of drug-likeness (QED) is 0.218. The number of carbonyl (C=O) groups is 2. The van der Waals surface area contributed by atoms with Crippen molar-refractivity contribution in [3.05, 3.63) is 119 Å². The molecule has 8 heteroatoms. The van der Waals surface area contributed by atoms with Gasteiger partial charge in [0.15, 0.2) is 0 Å². The molecule has 0 aliphatic heterocycles. The van der Waals surface area contributed by atoms with Crippen LogP contribution in [0.5, 0.6) is 5.88 Å². The fraction of sp³-hybridized carbons (Fsp3) is 0.0938. The van der Waals surface area contributed by atoms with Gasteiger partial charge in [0.2, 0.25) is 5.88 Å². The second kappa shape index (κ2) is 11.2. The number of rotatable bonds is 6. The van der Waals surface area contributed by atoms with Gasteiger partial charge < -0.3 is 10.1 Å². The van der Waals surface area contributed by atoms with Gasteiger partial charge in [-0.15, -0.1) is 0 Å². The van der Waals surface area contributed by atoms with E-state index in [1.807, 2.05) is 32.0 Å². The minimum atomic E-state index is -0.543. The first kappa shape index (κ1) is 26.8. The Morgan fingerprint density at radius 2 is 1.62 bits per heavy atom. The number of amides is 1. The van der Waals surface area contributed by atoms with Crippen LogP contribution in [0.25, 0.3) is 28.1 Å². The lowest BCUT2D eigenvalue weighted by Crippen LogP contribution is -2.11. The summed E-state index contributed by atoms with van der Waals surface area (Å²) in [6.07, 6.45) is 0. The van der Waals surface area contributed by atoms with Gasteiger partial charge >= 0.3 is 5.97 Å². The largest absolute Gasteiger partial charge is 0.407 e. The predicted molar refractivity (Wildman–Crippen MR) is 155 cm³/mol. The number of esters is 1. The molecule has 5 aromatic rings. The Morgan fingerprint density at radius 3 is 2.27 bits per heavy atom. The summed E-state index contributed by atoms with van der Waals surface area (Å²) in [5.41, 5.74) is 5.30. The number of nitrogens with one attached hydrogen (secondary N) is 1. The van der Waals surface area contributed by atoms with E-state index in [2.05, 4.69) is 5.32 Å². The molecule has 0 saturated heterocycles. The molecule has 1 N–H and O–H groups in total. The van der Waals surface area contributed by atoms with Crippen LogP contribution in [-0.4, -0.2) is 21.7 Å². The predicted octanol–water partition coefficient (Wildman–Crippen LogP) is 7.79. The van der Waals surface area contributed by atoms with Crippen LogP contribution in [0.15, 0.2) is 91.0 Å². The Bertz CT molecular complexity index is 1730. The molecule has 0 aliphatic carbocycles. The first-order valence-corrected chi connectivity index (χ1v) is 12.9. The average Bonchev–Trinajstić information content (AvgIpc) is 3.27. The van der Waals surface area contributed by atoms with Crippen molar-refractivity contribution in [2.45, 2.75) is 20.8 Å². The van der Waals surface area contributed by atoms with Gasteiger partial charge in [-0.1, -0.05) is 53.6 Å². The van der Waals surface area contributed by atoms with Gasteiger partial charge in [0.25, 0.3) is 5.91 Å². The number of ether oxygens (including phenoxy) is 1. The molecule has 0 atom stereocenters. The first-order chi connectivity index (χ1) is 19.2. The standard InChI is InChI=1S/C32H25ClFN3O3/c1-19-8-17-28(20(2)18-19)37-32(40-21(3)38)29(30(36-37)26-6-4-5-7-27(26)34)22-11-15-25(16-12-22)35-31(39)23-9-13-24(33)14-10-23/h4-18H,1-3H3,(H,35,39). The van der Waals surface area contributed by atoms with E-state index in [4.69, 9.17) is 21.4 Å². The second-order valence-corrected chi connectivity index (χ2v) is 9.78. The highest BCUT2D eigenvalue weighted by Gasteiger charge is 2.26. The van der Waals surface area contributed by atoms with Crippen LogP contribution in [0.1, 0.15) is 28.4 Å². The SMILES string of the molecule is CC(=O)Oc1c(-c2ccc(NC(=O)c3ccc(Cl)cc3)cc2)c(-c2ccccc2F)nn1-c1ccc(C)cc1C. The third-order valence-corrected chi connectivity index (χ3v) is 6.58. The summed E-state index contributed by atoms with van der Waals surface area (Å²) in [4.78, 5) is 25.0. The molecule has 0 saturated carbocycles. The van der Waals surface area contributed by atoms with Crippen LogP contribution in [0.2, 0.25) is 5.02 Å². The fourth-order valence-corrected chi connectivity index (χ4v) is 4.59. The van der Waals surface area contributed by atoms with Crippen LogP contribution in [-0.2, 0) is 4.79 Å². The lowest BCUT2D eigenvalue weighted by Gasteiger charge is -2.12. The van der Waals surface area contributed by atoms with Crippen molar-refractivity contribution >= 4 is 29.2 Å². The molecule has 0 fully saturated rings. The summed E-state index contributed by atoms with van der Waals surface area (Å²) in [7, 11) is 0. The number of anilines is 1. The maximum absolute atomic E-state index is 15.1. The summed E-state index contributed by atoms with van der Waals surface area (Å²) in [5.74, 6) is -1.13. The number of benzene rings is 4.